The number of sulfonamides is 1. The van der Waals surface area contributed by atoms with Crippen molar-refractivity contribution in [2.24, 2.45) is 0 Å². The van der Waals surface area contributed by atoms with Crippen LogP contribution in [0.4, 0.5) is 4.79 Å². The zero-order valence-electron chi connectivity index (χ0n) is 13.0. The van der Waals surface area contributed by atoms with Crippen molar-refractivity contribution in [2.75, 3.05) is 19.8 Å². The van der Waals surface area contributed by atoms with Crippen LogP contribution in [0, 0.1) is 6.92 Å². The highest BCUT2D eigenvalue weighted by atomic mass is 32.2. The van der Waals surface area contributed by atoms with Crippen molar-refractivity contribution in [2.45, 2.75) is 19.6 Å². The van der Waals surface area contributed by atoms with Gasteiger partial charge >= 0.3 is 12.1 Å². The third kappa shape index (κ3) is 3.45. The van der Waals surface area contributed by atoms with E-state index in [1.807, 2.05) is 0 Å². The van der Waals surface area contributed by atoms with E-state index in [-0.39, 0.29) is 13.2 Å². The summed E-state index contributed by atoms with van der Waals surface area (Å²) < 4.78 is 29.8. The summed E-state index contributed by atoms with van der Waals surface area (Å²) in [5.41, 5.74) is 2.51. The van der Waals surface area contributed by atoms with Gasteiger partial charge in [0.05, 0.1) is 17.9 Å². The van der Waals surface area contributed by atoms with Gasteiger partial charge in [0.15, 0.2) is 0 Å². The second kappa shape index (κ2) is 6.17. The van der Waals surface area contributed by atoms with E-state index in [0.29, 0.717) is 16.7 Å². The zero-order chi connectivity index (χ0) is 17.4. The molecule has 0 saturated heterocycles. The lowest BCUT2D eigenvalue weighted by Crippen LogP contribution is -2.38. The Hall–Kier alpha value is -2.13. The molecule has 1 unspecified atom stereocenters. The fraction of sp³-hybridized carbons (Fsp3) is 0.429. The Morgan fingerprint density at radius 2 is 2.13 bits per heavy atom. The molecule has 1 aromatic rings. The summed E-state index contributed by atoms with van der Waals surface area (Å²) in [5.74, 6) is -0.411. The first-order chi connectivity index (χ1) is 10.6. The number of rotatable bonds is 5. The van der Waals surface area contributed by atoms with Gasteiger partial charge in [0.1, 0.15) is 6.61 Å². The number of benzene rings is 1. The van der Waals surface area contributed by atoms with E-state index < -0.39 is 28.1 Å². The monoisotopic (exact) mass is 342 g/mol. The summed E-state index contributed by atoms with van der Waals surface area (Å²) in [6.45, 7) is 1.79. The lowest BCUT2D eigenvalue weighted by atomic mass is 9.94. The molecule has 23 heavy (non-hydrogen) atoms. The van der Waals surface area contributed by atoms with E-state index in [1.165, 1.54) is 7.05 Å². The van der Waals surface area contributed by atoms with Crippen molar-refractivity contribution in [1.82, 2.24) is 9.62 Å². The maximum Gasteiger partial charge on any atom is 0.404 e. The number of cyclic esters (lactones) is 1. The van der Waals surface area contributed by atoms with Crippen LogP contribution in [0.1, 0.15) is 33.1 Å². The molecule has 8 nitrogen and oxygen atoms in total. The predicted octanol–water partition coefficient (Wildman–Crippen LogP) is 0.866. The molecule has 2 rings (SSSR count). The minimum Gasteiger partial charge on any atom is -0.465 e. The quantitative estimate of drug-likeness (QED) is 0.768. The highest BCUT2D eigenvalue weighted by Gasteiger charge is 2.30. The van der Waals surface area contributed by atoms with Gasteiger partial charge < -0.3 is 15.2 Å². The third-order valence-electron chi connectivity index (χ3n) is 3.98. The molecule has 0 radical (unpaired) electrons. The van der Waals surface area contributed by atoms with Crippen LogP contribution >= 0.6 is 0 Å². The smallest absolute Gasteiger partial charge is 0.404 e. The molecule has 0 saturated carbocycles. The van der Waals surface area contributed by atoms with E-state index in [0.717, 1.165) is 16.1 Å². The molecule has 0 bridgehead atoms. The van der Waals surface area contributed by atoms with E-state index in [9.17, 15) is 18.0 Å². The van der Waals surface area contributed by atoms with Crippen molar-refractivity contribution in [1.29, 1.82) is 0 Å². The number of carbonyl (C=O) groups is 2. The van der Waals surface area contributed by atoms with Crippen molar-refractivity contribution in [3.63, 3.8) is 0 Å². The molecule has 0 aliphatic carbocycles. The van der Waals surface area contributed by atoms with Gasteiger partial charge in [-0.3, -0.25) is 0 Å². The van der Waals surface area contributed by atoms with Gasteiger partial charge in [-0.1, -0.05) is 6.07 Å². The van der Waals surface area contributed by atoms with Crippen LogP contribution in [-0.2, 0) is 21.4 Å². The van der Waals surface area contributed by atoms with Crippen LogP contribution in [0.3, 0.4) is 0 Å². The second-order valence-electron chi connectivity index (χ2n) is 5.36. The molecule has 1 heterocycles. The first kappa shape index (κ1) is 17.2. The average molecular weight is 342 g/mol. The predicted molar refractivity (Wildman–Crippen MR) is 81.7 cm³/mol. The summed E-state index contributed by atoms with van der Waals surface area (Å²) in [7, 11) is -2.15. The molecule has 0 fully saturated rings. The Bertz CT molecular complexity index is 759. The van der Waals surface area contributed by atoms with Crippen LogP contribution in [0.25, 0.3) is 0 Å². The standard InChI is InChI=1S/C14H18N2O6S/c1-8-9(4-5-10-11(8)7-22-13(10)17)12(6-15-14(18)19)16(2)23(3,20)21/h4-5,12,15H,6-7H2,1-3H3,(H,18,19). The van der Waals surface area contributed by atoms with Gasteiger partial charge in [-0.05, 0) is 24.1 Å². The number of hydrogen-bond acceptors (Lipinski definition) is 5. The van der Waals surface area contributed by atoms with Gasteiger partial charge in [-0.15, -0.1) is 0 Å². The molecule has 1 aliphatic rings. The van der Waals surface area contributed by atoms with Crippen LogP contribution < -0.4 is 5.32 Å². The molecule has 9 heteroatoms. The first-order valence-corrected chi connectivity index (χ1v) is 8.67. The van der Waals surface area contributed by atoms with Gasteiger partial charge in [0.25, 0.3) is 0 Å². The van der Waals surface area contributed by atoms with Crippen molar-refractivity contribution in [3.05, 3.63) is 34.4 Å². The topological polar surface area (TPSA) is 113 Å². The Labute approximate surface area is 134 Å². The zero-order valence-corrected chi connectivity index (χ0v) is 13.8. The summed E-state index contributed by atoms with van der Waals surface area (Å²) in [6, 6.07) is 2.50. The van der Waals surface area contributed by atoms with Crippen LogP contribution in [0.2, 0.25) is 0 Å². The third-order valence-corrected chi connectivity index (χ3v) is 5.28. The fourth-order valence-electron chi connectivity index (χ4n) is 2.58. The number of amides is 1. The lowest BCUT2D eigenvalue weighted by Gasteiger charge is -2.28. The summed E-state index contributed by atoms with van der Waals surface area (Å²) in [4.78, 5) is 22.4. The summed E-state index contributed by atoms with van der Waals surface area (Å²) >= 11 is 0. The van der Waals surface area contributed by atoms with Gasteiger partial charge in [-0.25, -0.2) is 18.0 Å². The highest BCUT2D eigenvalue weighted by Crippen LogP contribution is 2.31. The van der Waals surface area contributed by atoms with E-state index in [2.05, 4.69) is 5.32 Å². The number of fused-ring (bicyclic) bond motifs is 1. The molecule has 0 aromatic heterocycles. The largest absolute Gasteiger partial charge is 0.465 e. The van der Waals surface area contributed by atoms with Crippen LogP contribution in [-0.4, -0.2) is 49.7 Å². The maximum absolute atomic E-state index is 11.9. The van der Waals surface area contributed by atoms with E-state index in [1.54, 1.807) is 19.1 Å². The minimum absolute atomic E-state index is 0.104. The Balaban J connectivity index is 2.47. The molecule has 1 aliphatic heterocycles. The summed E-state index contributed by atoms with van der Waals surface area (Å²) in [5, 5.41) is 11.0. The average Bonchev–Trinajstić information content (AvgIpc) is 2.82. The molecule has 126 valence electrons. The SMILES string of the molecule is Cc1c(C(CNC(=O)O)N(C)S(C)(=O)=O)ccc2c1COC2=O. The number of likely N-dealkylation sites (N-methyl/N-ethyl adjacent to an activating group) is 1. The normalized spacial score (nSPS) is 15.2. The molecule has 2 N–H and O–H groups in total. The molecule has 0 spiro atoms. The Kier molecular flexibility index (Phi) is 4.62. The van der Waals surface area contributed by atoms with Gasteiger partial charge in [0, 0.05) is 19.2 Å². The molecular weight excluding hydrogens is 324 g/mol. The van der Waals surface area contributed by atoms with Crippen LogP contribution in [0.5, 0.6) is 0 Å². The van der Waals surface area contributed by atoms with Gasteiger partial charge in [-0.2, -0.15) is 4.31 Å². The van der Waals surface area contributed by atoms with Crippen molar-refractivity contribution < 1.29 is 27.9 Å². The number of nitrogens with one attached hydrogen (secondary N) is 1. The van der Waals surface area contributed by atoms with Gasteiger partial charge in [0.2, 0.25) is 10.0 Å². The number of hydrogen-bond donors (Lipinski definition) is 2. The molecule has 1 aromatic carbocycles. The number of nitrogens with zero attached hydrogens (tertiary/aromatic N) is 1. The Morgan fingerprint density at radius 3 is 2.70 bits per heavy atom. The second-order valence-corrected chi connectivity index (χ2v) is 7.41. The van der Waals surface area contributed by atoms with Crippen molar-refractivity contribution in [3.8, 4) is 0 Å². The van der Waals surface area contributed by atoms with E-state index in [4.69, 9.17) is 9.84 Å². The fourth-order valence-corrected chi connectivity index (χ4v) is 3.23. The van der Waals surface area contributed by atoms with E-state index >= 15 is 0 Å². The number of esters is 1. The highest BCUT2D eigenvalue weighted by molar-refractivity contribution is 7.88. The number of carbonyl (C=O) groups excluding carboxylic acids is 1. The lowest BCUT2D eigenvalue weighted by molar-refractivity contribution is 0.0535. The van der Waals surface area contributed by atoms with Crippen LogP contribution in [0.15, 0.2) is 12.1 Å². The molecular formula is C14H18N2O6S. The molecule has 1 atom stereocenters. The maximum atomic E-state index is 11.9. The minimum atomic E-state index is -3.54. The number of carboxylic acid groups (broad SMARTS) is 1. The first-order valence-electron chi connectivity index (χ1n) is 6.82. The van der Waals surface area contributed by atoms with Crippen molar-refractivity contribution >= 4 is 22.1 Å². The number of ether oxygens (including phenoxy) is 1. The molecule has 1 amide bonds. The summed E-state index contributed by atoms with van der Waals surface area (Å²) in [6.07, 6.45) is -0.190. The Morgan fingerprint density at radius 1 is 1.48 bits per heavy atom.